The third kappa shape index (κ3) is 6.97. The fourth-order valence-electron chi connectivity index (χ4n) is 2.80. The largest absolute Gasteiger partial charge is 0.478 e. The zero-order valence-electron chi connectivity index (χ0n) is 17.1. The van der Waals surface area contributed by atoms with Crippen LogP contribution in [0.4, 0.5) is 5.95 Å². The van der Waals surface area contributed by atoms with Crippen molar-refractivity contribution in [3.8, 4) is 11.3 Å². The van der Waals surface area contributed by atoms with Crippen molar-refractivity contribution in [2.75, 3.05) is 37.8 Å². The second-order valence-corrected chi connectivity index (χ2v) is 7.70. The van der Waals surface area contributed by atoms with Gasteiger partial charge in [-0.05, 0) is 37.1 Å². The first kappa shape index (κ1) is 23.6. The zero-order chi connectivity index (χ0) is 22.1. The first-order valence-electron chi connectivity index (χ1n) is 9.48. The molecule has 0 saturated carbocycles. The number of nitrogens with one attached hydrogen (secondary N) is 1. The summed E-state index contributed by atoms with van der Waals surface area (Å²) in [7, 11) is 0. The standard InChI is InChI=1S/C20H27N5O4S/c1-12-9-13(2)15(19(27)28)10-14(12)16-11-18(25-20(22)24-16)30-8-3-17(26)23-5-7-29-6-4-21/h9-11H,3-8,21H2,1-2H3,(H,23,26)(H,27,28)(H2,22,24,25). The van der Waals surface area contributed by atoms with Gasteiger partial charge in [0.15, 0.2) is 0 Å². The van der Waals surface area contributed by atoms with Crippen LogP contribution in [0.3, 0.4) is 0 Å². The minimum absolute atomic E-state index is 0.0819. The molecule has 0 atom stereocenters. The van der Waals surface area contributed by atoms with Crippen molar-refractivity contribution in [3.63, 3.8) is 0 Å². The van der Waals surface area contributed by atoms with Gasteiger partial charge in [0.05, 0.1) is 24.5 Å². The average Bonchev–Trinajstić information content (AvgIpc) is 2.67. The minimum atomic E-state index is -0.996. The van der Waals surface area contributed by atoms with Gasteiger partial charge in [-0.25, -0.2) is 14.8 Å². The van der Waals surface area contributed by atoms with Gasteiger partial charge in [0.25, 0.3) is 0 Å². The predicted octanol–water partition coefficient (Wildman–Crippen LogP) is 1.61. The number of carbonyl (C=O) groups is 2. The van der Waals surface area contributed by atoms with Crippen molar-refractivity contribution in [2.45, 2.75) is 25.3 Å². The number of carboxylic acid groups (broad SMARTS) is 1. The number of hydrogen-bond acceptors (Lipinski definition) is 8. The molecule has 9 nitrogen and oxygen atoms in total. The SMILES string of the molecule is Cc1cc(C)c(-c2cc(SCCC(=O)NCCOCCN)nc(N)n2)cc1C(=O)O. The molecule has 0 bridgehead atoms. The van der Waals surface area contributed by atoms with Crippen LogP contribution in [0.1, 0.15) is 27.9 Å². The van der Waals surface area contributed by atoms with E-state index in [0.29, 0.717) is 60.3 Å². The quantitative estimate of drug-likeness (QED) is 0.235. The van der Waals surface area contributed by atoms with E-state index in [1.165, 1.54) is 11.8 Å². The van der Waals surface area contributed by atoms with E-state index in [2.05, 4.69) is 15.3 Å². The van der Waals surface area contributed by atoms with Crippen LogP contribution in [0, 0.1) is 13.8 Å². The van der Waals surface area contributed by atoms with Crippen LogP contribution in [-0.2, 0) is 9.53 Å². The number of aromatic nitrogens is 2. The Morgan fingerprint density at radius 1 is 1.17 bits per heavy atom. The number of carbonyl (C=O) groups excluding carboxylic acids is 1. The first-order chi connectivity index (χ1) is 14.3. The van der Waals surface area contributed by atoms with Gasteiger partial charge < -0.3 is 26.6 Å². The van der Waals surface area contributed by atoms with Crippen LogP contribution in [0.5, 0.6) is 0 Å². The van der Waals surface area contributed by atoms with E-state index in [9.17, 15) is 14.7 Å². The van der Waals surface area contributed by atoms with Gasteiger partial charge in [-0.2, -0.15) is 0 Å². The van der Waals surface area contributed by atoms with Crippen molar-refractivity contribution in [1.82, 2.24) is 15.3 Å². The zero-order valence-corrected chi connectivity index (χ0v) is 17.9. The monoisotopic (exact) mass is 433 g/mol. The Morgan fingerprint density at radius 3 is 2.63 bits per heavy atom. The lowest BCUT2D eigenvalue weighted by molar-refractivity contribution is -0.120. The molecule has 0 spiro atoms. The molecule has 0 saturated heterocycles. The summed E-state index contributed by atoms with van der Waals surface area (Å²) in [5, 5.41) is 12.8. The van der Waals surface area contributed by atoms with Crippen LogP contribution in [0.25, 0.3) is 11.3 Å². The highest BCUT2D eigenvalue weighted by Gasteiger charge is 2.14. The second kappa shape index (κ2) is 11.5. The van der Waals surface area contributed by atoms with E-state index in [0.717, 1.165) is 5.56 Å². The Labute approximate surface area is 179 Å². The number of nitrogen functional groups attached to an aromatic ring is 1. The predicted molar refractivity (Wildman–Crippen MR) is 117 cm³/mol. The number of aromatic carboxylic acids is 1. The van der Waals surface area contributed by atoms with Crippen molar-refractivity contribution in [1.29, 1.82) is 0 Å². The number of aryl methyl sites for hydroxylation is 2. The molecule has 0 aliphatic rings. The number of hydrogen-bond donors (Lipinski definition) is 4. The maximum Gasteiger partial charge on any atom is 0.335 e. The maximum absolute atomic E-state index is 11.9. The van der Waals surface area contributed by atoms with Gasteiger partial charge in [-0.1, -0.05) is 6.07 Å². The van der Waals surface area contributed by atoms with Crippen molar-refractivity contribution >= 4 is 29.6 Å². The summed E-state index contributed by atoms with van der Waals surface area (Å²) in [6.45, 7) is 5.43. The molecule has 1 aromatic carbocycles. The van der Waals surface area contributed by atoms with Gasteiger partial charge in [-0.15, -0.1) is 11.8 Å². The third-order valence-corrected chi connectivity index (χ3v) is 5.12. The summed E-state index contributed by atoms with van der Waals surface area (Å²) in [4.78, 5) is 31.8. The van der Waals surface area contributed by atoms with E-state index in [1.807, 2.05) is 13.0 Å². The number of nitrogens with zero attached hydrogens (tertiary/aromatic N) is 2. The number of ether oxygens (including phenoxy) is 1. The van der Waals surface area contributed by atoms with Gasteiger partial charge in [0, 0.05) is 30.8 Å². The molecule has 1 amide bonds. The molecule has 10 heteroatoms. The van der Waals surface area contributed by atoms with E-state index in [4.69, 9.17) is 16.2 Å². The highest BCUT2D eigenvalue weighted by atomic mass is 32.2. The summed E-state index contributed by atoms with van der Waals surface area (Å²) in [5.74, 6) is -0.474. The van der Waals surface area contributed by atoms with Crippen molar-refractivity contribution in [2.24, 2.45) is 5.73 Å². The van der Waals surface area contributed by atoms with E-state index < -0.39 is 5.97 Å². The molecule has 0 aliphatic carbocycles. The Hall–Kier alpha value is -2.69. The fourth-order valence-corrected chi connectivity index (χ4v) is 3.65. The molecule has 0 fully saturated rings. The Bertz CT molecular complexity index is 907. The number of amides is 1. The molecule has 1 aromatic heterocycles. The molecular formula is C20H27N5O4S. The molecular weight excluding hydrogens is 406 g/mol. The smallest absolute Gasteiger partial charge is 0.335 e. The number of rotatable bonds is 11. The maximum atomic E-state index is 11.9. The van der Waals surface area contributed by atoms with Gasteiger partial charge in [0.2, 0.25) is 11.9 Å². The Kier molecular flexibility index (Phi) is 9.03. The molecule has 2 rings (SSSR count). The summed E-state index contributed by atoms with van der Waals surface area (Å²) in [6.07, 6.45) is 0.313. The van der Waals surface area contributed by atoms with Gasteiger partial charge >= 0.3 is 5.97 Å². The molecule has 6 N–H and O–H groups in total. The van der Waals surface area contributed by atoms with Crippen LogP contribution in [0.15, 0.2) is 23.2 Å². The van der Waals surface area contributed by atoms with Crippen LogP contribution in [-0.4, -0.2) is 59.0 Å². The van der Waals surface area contributed by atoms with Gasteiger partial charge in [-0.3, -0.25) is 4.79 Å². The van der Waals surface area contributed by atoms with E-state index in [1.54, 1.807) is 19.1 Å². The number of nitrogens with two attached hydrogens (primary N) is 2. The highest BCUT2D eigenvalue weighted by molar-refractivity contribution is 7.99. The van der Waals surface area contributed by atoms with E-state index in [-0.39, 0.29) is 17.4 Å². The number of thioether (sulfide) groups is 1. The highest BCUT2D eigenvalue weighted by Crippen LogP contribution is 2.29. The van der Waals surface area contributed by atoms with Gasteiger partial charge in [0.1, 0.15) is 5.03 Å². The number of benzene rings is 1. The van der Waals surface area contributed by atoms with Crippen LogP contribution >= 0.6 is 11.8 Å². The third-order valence-electron chi connectivity index (χ3n) is 4.21. The molecule has 0 aliphatic heterocycles. The van der Waals surface area contributed by atoms with Crippen molar-refractivity contribution < 1.29 is 19.4 Å². The molecule has 162 valence electrons. The molecule has 2 aromatic rings. The lowest BCUT2D eigenvalue weighted by Crippen LogP contribution is -2.28. The summed E-state index contributed by atoms with van der Waals surface area (Å²) in [6, 6.07) is 5.16. The minimum Gasteiger partial charge on any atom is -0.478 e. The summed E-state index contributed by atoms with van der Waals surface area (Å²) < 4.78 is 5.20. The normalized spacial score (nSPS) is 10.8. The molecule has 0 unspecified atom stereocenters. The van der Waals surface area contributed by atoms with Crippen LogP contribution in [0.2, 0.25) is 0 Å². The lowest BCUT2D eigenvalue weighted by atomic mass is 9.98. The first-order valence-corrected chi connectivity index (χ1v) is 10.5. The number of carboxylic acids is 1. The molecule has 1 heterocycles. The topological polar surface area (TPSA) is 153 Å². The average molecular weight is 434 g/mol. The second-order valence-electron chi connectivity index (χ2n) is 6.59. The van der Waals surface area contributed by atoms with Crippen LogP contribution < -0.4 is 16.8 Å². The molecule has 30 heavy (non-hydrogen) atoms. The van der Waals surface area contributed by atoms with E-state index >= 15 is 0 Å². The Morgan fingerprint density at radius 2 is 1.93 bits per heavy atom. The van der Waals surface area contributed by atoms with Crippen molar-refractivity contribution in [3.05, 3.63) is 34.9 Å². The lowest BCUT2D eigenvalue weighted by Gasteiger charge is -2.11. The fraction of sp³-hybridized carbons (Fsp3) is 0.400. The number of anilines is 1. The summed E-state index contributed by atoms with van der Waals surface area (Å²) in [5.41, 5.74) is 14.2. The Balaban J connectivity index is 2.02. The molecule has 0 radical (unpaired) electrons. The summed E-state index contributed by atoms with van der Waals surface area (Å²) >= 11 is 1.38.